The fraction of sp³-hybridized carbons (Fsp3) is 0.333. The lowest BCUT2D eigenvalue weighted by atomic mass is 10.1. The van der Waals surface area contributed by atoms with Crippen LogP contribution in [0.5, 0.6) is 5.75 Å². The highest BCUT2D eigenvalue weighted by atomic mass is 35.7. The van der Waals surface area contributed by atoms with Crippen LogP contribution in [0.3, 0.4) is 0 Å². The van der Waals surface area contributed by atoms with Crippen molar-refractivity contribution in [1.82, 2.24) is 4.98 Å². The summed E-state index contributed by atoms with van der Waals surface area (Å²) in [6.45, 7) is 8.83. The highest BCUT2D eigenvalue weighted by Gasteiger charge is 2.29. The predicted octanol–water partition coefficient (Wildman–Crippen LogP) is -1.74. The lowest BCUT2D eigenvalue weighted by Gasteiger charge is -2.17. The monoisotopic (exact) mass is 394 g/mol. The minimum Gasteiger partial charge on any atom is -0.452 e. The maximum absolute atomic E-state index is 11.2. The summed E-state index contributed by atoms with van der Waals surface area (Å²) in [5, 5.41) is 4.03. The van der Waals surface area contributed by atoms with Gasteiger partial charge in [-0.3, -0.25) is 0 Å². The Morgan fingerprint density at radius 1 is 1.19 bits per heavy atom. The van der Waals surface area contributed by atoms with Gasteiger partial charge in [0.15, 0.2) is 16.9 Å². The van der Waals surface area contributed by atoms with Crippen molar-refractivity contribution in [3.05, 3.63) is 34.7 Å². The first-order chi connectivity index (χ1) is 12.7. The first-order valence-electron chi connectivity index (χ1n) is 8.53. The van der Waals surface area contributed by atoms with Crippen molar-refractivity contribution in [2.75, 3.05) is 18.4 Å². The van der Waals surface area contributed by atoms with E-state index in [1.165, 1.54) is 0 Å². The molecule has 1 heterocycles. The topological polar surface area (TPSA) is 130 Å². The standard InChI is InChI=1S/C18H20ClN3O5/c1-5-20-12-8-15-14(7-10(12)3)22-17-16(26-15)9-13(21-6-2)11(4)18(17)27-19(23,24)25/h7-9,21H,5-6H2,1-4H3/p+1. The average molecular weight is 395 g/mol. The summed E-state index contributed by atoms with van der Waals surface area (Å²) in [5.74, 6) is 0.392. The van der Waals surface area contributed by atoms with E-state index in [4.69, 9.17) is 4.42 Å². The van der Waals surface area contributed by atoms with E-state index in [0.717, 1.165) is 17.5 Å². The number of halogens is 1. The van der Waals surface area contributed by atoms with Gasteiger partial charge in [0.1, 0.15) is 22.5 Å². The normalized spacial score (nSPS) is 12.8. The third-order valence-electron chi connectivity index (χ3n) is 4.13. The highest BCUT2D eigenvalue weighted by Crippen LogP contribution is 2.37. The Kier molecular flexibility index (Phi) is 5.25. The van der Waals surface area contributed by atoms with Crippen molar-refractivity contribution in [2.24, 2.45) is 0 Å². The Balaban J connectivity index is 2.36. The molecule has 2 aliphatic rings. The molecule has 1 aliphatic carbocycles. The lowest BCUT2D eigenvalue weighted by Crippen LogP contribution is -2.76. The molecule has 0 radical (unpaired) electrons. The fourth-order valence-electron chi connectivity index (χ4n) is 2.93. The van der Waals surface area contributed by atoms with E-state index >= 15 is 0 Å². The zero-order valence-electron chi connectivity index (χ0n) is 15.5. The van der Waals surface area contributed by atoms with Crippen molar-refractivity contribution >= 4 is 16.8 Å². The summed E-state index contributed by atoms with van der Waals surface area (Å²) >= 11 is 0. The van der Waals surface area contributed by atoms with E-state index in [2.05, 4.69) is 19.6 Å². The van der Waals surface area contributed by atoms with Crippen molar-refractivity contribution in [2.45, 2.75) is 27.7 Å². The summed E-state index contributed by atoms with van der Waals surface area (Å²) in [5.41, 5.74) is 3.03. The quantitative estimate of drug-likeness (QED) is 0.491. The molecule has 1 aliphatic heterocycles. The molecule has 1 aromatic rings. The van der Waals surface area contributed by atoms with Gasteiger partial charge in [-0.15, -0.1) is 0 Å². The molecule has 0 unspecified atom stereocenters. The van der Waals surface area contributed by atoms with Crippen LogP contribution in [-0.4, -0.2) is 18.1 Å². The van der Waals surface area contributed by atoms with Crippen molar-refractivity contribution in [3.8, 4) is 17.2 Å². The summed E-state index contributed by atoms with van der Waals surface area (Å²) in [4.78, 5) is 7.76. The molecule has 0 saturated heterocycles. The molecule has 27 heavy (non-hydrogen) atoms. The molecular formula is C18H21ClN3O5+. The van der Waals surface area contributed by atoms with Gasteiger partial charge in [-0.1, -0.05) is 4.29 Å². The van der Waals surface area contributed by atoms with Gasteiger partial charge >= 0.3 is 5.75 Å². The van der Waals surface area contributed by atoms with Crippen LogP contribution in [0.4, 0.5) is 5.69 Å². The Bertz CT molecular complexity index is 1030. The van der Waals surface area contributed by atoms with Crippen molar-refractivity contribution in [1.29, 1.82) is 0 Å². The Morgan fingerprint density at radius 3 is 2.56 bits per heavy atom. The number of rotatable bonds is 5. The SMILES string of the molecule is CCNc1cc2oc3cc(=[NH+]CC)c(C)cc-3nc2c(O[Cl+3]([O-])([O-])[O-])c1C. The Labute approximate surface area is 158 Å². The van der Waals surface area contributed by atoms with Crippen molar-refractivity contribution in [3.63, 3.8) is 0 Å². The molecule has 0 spiro atoms. The van der Waals surface area contributed by atoms with Crippen LogP contribution in [0.1, 0.15) is 25.0 Å². The van der Waals surface area contributed by atoms with Gasteiger partial charge in [0.05, 0.1) is 6.07 Å². The molecule has 0 saturated carbocycles. The minimum absolute atomic E-state index is 0.140. The number of nitrogens with one attached hydrogen (secondary N) is 2. The maximum atomic E-state index is 11.2. The molecule has 1 aromatic carbocycles. The second-order valence-electron chi connectivity index (χ2n) is 6.09. The number of hydrogen-bond acceptors (Lipinski definition) is 7. The molecule has 0 atom stereocenters. The van der Waals surface area contributed by atoms with Gasteiger partial charge in [-0.25, -0.2) is 9.98 Å². The van der Waals surface area contributed by atoms with Crippen LogP contribution in [0, 0.1) is 24.1 Å². The predicted molar refractivity (Wildman–Crippen MR) is 89.5 cm³/mol. The van der Waals surface area contributed by atoms with Crippen molar-refractivity contribution < 1.29 is 37.9 Å². The number of aromatic nitrogens is 1. The van der Waals surface area contributed by atoms with Crippen LogP contribution in [0.2, 0.25) is 0 Å². The number of hydrogen-bond donors (Lipinski definition) is 2. The number of fused-ring (bicyclic) bond motifs is 2. The van der Waals surface area contributed by atoms with Crippen LogP contribution >= 0.6 is 0 Å². The summed E-state index contributed by atoms with van der Waals surface area (Å²) in [6.07, 6.45) is 0. The minimum atomic E-state index is -4.67. The third kappa shape index (κ3) is 3.98. The van der Waals surface area contributed by atoms with Gasteiger partial charge < -0.3 is 9.73 Å². The Morgan fingerprint density at radius 2 is 1.93 bits per heavy atom. The molecule has 8 nitrogen and oxygen atoms in total. The largest absolute Gasteiger partial charge is 0.452 e. The molecule has 144 valence electrons. The van der Waals surface area contributed by atoms with Gasteiger partial charge in [0, 0.05) is 29.4 Å². The van der Waals surface area contributed by atoms with Crippen LogP contribution in [-0.2, 0) is 0 Å². The van der Waals surface area contributed by atoms with Gasteiger partial charge in [-0.2, -0.15) is 14.0 Å². The van der Waals surface area contributed by atoms with E-state index < -0.39 is 10.2 Å². The zero-order valence-corrected chi connectivity index (χ0v) is 16.3. The van der Waals surface area contributed by atoms with E-state index in [9.17, 15) is 14.0 Å². The molecule has 2 N–H and O–H groups in total. The number of aryl methyl sites for hydroxylation is 1. The van der Waals surface area contributed by atoms with E-state index in [-0.39, 0.29) is 11.3 Å². The molecule has 0 aromatic heterocycles. The number of anilines is 1. The van der Waals surface area contributed by atoms with E-state index in [0.29, 0.717) is 34.8 Å². The molecule has 0 amide bonds. The van der Waals surface area contributed by atoms with Crippen LogP contribution < -0.4 is 33.9 Å². The van der Waals surface area contributed by atoms with Gasteiger partial charge in [0.25, 0.3) is 0 Å². The van der Waals surface area contributed by atoms with E-state index in [1.807, 2.05) is 32.9 Å². The third-order valence-corrected chi connectivity index (χ3v) is 4.48. The molecule has 3 rings (SSSR count). The summed E-state index contributed by atoms with van der Waals surface area (Å²) in [6, 6.07) is 5.39. The van der Waals surface area contributed by atoms with E-state index in [1.54, 1.807) is 13.0 Å². The number of nitrogens with zero attached hydrogens (tertiary/aromatic N) is 1. The first-order valence-corrected chi connectivity index (χ1v) is 9.76. The van der Waals surface area contributed by atoms with Crippen LogP contribution in [0.15, 0.2) is 22.6 Å². The summed E-state index contributed by atoms with van der Waals surface area (Å²) < 4.78 is 44.3. The average Bonchev–Trinajstić information content (AvgIpc) is 2.58. The second-order valence-corrected chi connectivity index (χ2v) is 7.00. The highest BCUT2D eigenvalue weighted by molar-refractivity contribution is 5.88. The Hall–Kier alpha value is -2.39. The maximum Gasteiger partial charge on any atom is 0.322 e. The lowest BCUT2D eigenvalue weighted by molar-refractivity contribution is -1.91. The molecule has 0 fully saturated rings. The van der Waals surface area contributed by atoms with Crippen LogP contribution in [0.25, 0.3) is 22.6 Å². The van der Waals surface area contributed by atoms with Gasteiger partial charge in [-0.05, 0) is 33.8 Å². The number of benzene rings is 2. The molecule has 0 bridgehead atoms. The second kappa shape index (κ2) is 7.32. The fourth-order valence-corrected chi connectivity index (χ4v) is 3.31. The summed E-state index contributed by atoms with van der Waals surface area (Å²) in [7, 11) is -4.67. The zero-order chi connectivity index (χ0) is 19.8. The smallest absolute Gasteiger partial charge is 0.322 e. The van der Waals surface area contributed by atoms with Gasteiger partial charge in [0.2, 0.25) is 5.36 Å². The first kappa shape index (κ1) is 19.4. The molecule has 9 heteroatoms. The molecular weight excluding hydrogens is 374 g/mol.